The number of benzene rings is 1. The van der Waals surface area contributed by atoms with Crippen LogP contribution in [0.3, 0.4) is 0 Å². The molecule has 1 saturated carbocycles. The molecule has 2 unspecified atom stereocenters. The van der Waals surface area contributed by atoms with E-state index in [0.29, 0.717) is 10.8 Å². The molecule has 1 N–H and O–H groups in total. The van der Waals surface area contributed by atoms with E-state index < -0.39 is 6.10 Å². The molecule has 19 heavy (non-hydrogen) atoms. The number of hydrogen-bond donors (Lipinski definition) is 1. The topological polar surface area (TPSA) is 29.5 Å². The third kappa shape index (κ3) is 2.93. The van der Waals surface area contributed by atoms with Crippen molar-refractivity contribution < 1.29 is 9.84 Å². The summed E-state index contributed by atoms with van der Waals surface area (Å²) >= 11 is 9.55. The minimum atomic E-state index is -0.539. The predicted octanol–water partition coefficient (Wildman–Crippen LogP) is 4.97. The second-order valence-corrected chi connectivity index (χ2v) is 7.23. The van der Waals surface area contributed by atoms with E-state index in [2.05, 4.69) is 29.8 Å². The molecular weight excluding hydrogens is 328 g/mol. The number of rotatable bonds is 3. The smallest absolute Gasteiger partial charge is 0.138 e. The van der Waals surface area contributed by atoms with Crippen LogP contribution in [0.25, 0.3) is 0 Å². The third-order valence-corrected chi connectivity index (χ3v) is 5.09. The van der Waals surface area contributed by atoms with Crippen LogP contribution in [0, 0.1) is 11.3 Å². The van der Waals surface area contributed by atoms with Gasteiger partial charge in [0.25, 0.3) is 0 Å². The molecule has 2 nitrogen and oxygen atoms in total. The maximum Gasteiger partial charge on any atom is 0.138 e. The van der Waals surface area contributed by atoms with Crippen molar-refractivity contribution in [2.45, 2.75) is 39.2 Å². The Morgan fingerprint density at radius 3 is 2.68 bits per heavy atom. The second-order valence-electron chi connectivity index (χ2n) is 5.94. The lowest BCUT2D eigenvalue weighted by Crippen LogP contribution is -2.24. The summed E-state index contributed by atoms with van der Waals surface area (Å²) in [5.74, 6) is 0.923. The largest absolute Gasteiger partial charge is 0.495 e. The van der Waals surface area contributed by atoms with Crippen molar-refractivity contribution in [3.8, 4) is 5.75 Å². The van der Waals surface area contributed by atoms with Gasteiger partial charge in [0.05, 0.1) is 17.7 Å². The minimum Gasteiger partial charge on any atom is -0.495 e. The fourth-order valence-corrected chi connectivity index (χ4v) is 4.17. The molecular formula is C15H20BrClO2. The molecule has 1 aliphatic carbocycles. The summed E-state index contributed by atoms with van der Waals surface area (Å²) in [5, 5.41) is 11.4. The van der Waals surface area contributed by atoms with Crippen LogP contribution < -0.4 is 4.74 Å². The summed E-state index contributed by atoms with van der Waals surface area (Å²) in [4.78, 5) is 0. The number of ether oxygens (including phenoxy) is 1. The molecule has 0 amide bonds. The average molecular weight is 348 g/mol. The third-order valence-electron chi connectivity index (χ3n) is 4.28. The van der Waals surface area contributed by atoms with Gasteiger partial charge in [-0.05, 0) is 52.2 Å². The van der Waals surface area contributed by atoms with Gasteiger partial charge >= 0.3 is 0 Å². The molecule has 1 aromatic carbocycles. The quantitative estimate of drug-likeness (QED) is 0.836. The summed E-state index contributed by atoms with van der Waals surface area (Å²) < 4.78 is 6.20. The van der Waals surface area contributed by atoms with Crippen molar-refractivity contribution in [2.24, 2.45) is 11.3 Å². The Bertz CT molecular complexity index is 473. The van der Waals surface area contributed by atoms with Crippen LogP contribution in [0.1, 0.15) is 44.8 Å². The lowest BCUT2D eigenvalue weighted by Gasteiger charge is -2.32. The van der Waals surface area contributed by atoms with Crippen LogP contribution in [0.4, 0.5) is 0 Å². The molecule has 106 valence electrons. The summed E-state index contributed by atoms with van der Waals surface area (Å²) in [6.07, 6.45) is 2.82. The highest BCUT2D eigenvalue weighted by atomic mass is 79.9. The Kier molecular flexibility index (Phi) is 4.49. The number of hydrogen-bond acceptors (Lipinski definition) is 2. The van der Waals surface area contributed by atoms with Gasteiger partial charge in [-0.3, -0.25) is 0 Å². The Morgan fingerprint density at radius 1 is 1.47 bits per heavy atom. The predicted molar refractivity (Wildman–Crippen MR) is 81.8 cm³/mol. The Hall–Kier alpha value is -0.250. The zero-order valence-electron chi connectivity index (χ0n) is 11.5. The van der Waals surface area contributed by atoms with Crippen LogP contribution in [0.15, 0.2) is 16.6 Å². The van der Waals surface area contributed by atoms with Gasteiger partial charge in [-0.2, -0.15) is 0 Å². The Balaban J connectivity index is 2.41. The number of aliphatic hydroxyl groups is 1. The molecule has 0 radical (unpaired) electrons. The summed E-state index contributed by atoms with van der Waals surface area (Å²) in [6, 6.07) is 3.60. The van der Waals surface area contributed by atoms with Gasteiger partial charge in [0.15, 0.2) is 0 Å². The van der Waals surface area contributed by atoms with Crippen molar-refractivity contribution in [3.63, 3.8) is 0 Å². The molecule has 0 spiro atoms. The van der Waals surface area contributed by atoms with Crippen LogP contribution >= 0.6 is 27.5 Å². The molecule has 1 aliphatic rings. The van der Waals surface area contributed by atoms with Crippen LogP contribution in [0.2, 0.25) is 5.02 Å². The van der Waals surface area contributed by atoms with E-state index in [9.17, 15) is 5.11 Å². The van der Waals surface area contributed by atoms with Crippen molar-refractivity contribution in [3.05, 3.63) is 27.2 Å². The van der Waals surface area contributed by atoms with Gasteiger partial charge in [0.1, 0.15) is 5.75 Å². The van der Waals surface area contributed by atoms with Crippen molar-refractivity contribution >= 4 is 27.5 Å². The molecule has 0 aliphatic heterocycles. The van der Waals surface area contributed by atoms with Crippen molar-refractivity contribution in [1.29, 1.82) is 0 Å². The van der Waals surface area contributed by atoms with E-state index in [0.717, 1.165) is 22.9 Å². The zero-order chi connectivity index (χ0) is 14.2. The normalized spacial score (nSPS) is 23.4. The monoisotopic (exact) mass is 346 g/mol. The fourth-order valence-electron chi connectivity index (χ4n) is 3.17. The highest BCUT2D eigenvalue weighted by molar-refractivity contribution is 9.10. The number of aliphatic hydroxyl groups excluding tert-OH is 1. The molecule has 4 heteroatoms. The van der Waals surface area contributed by atoms with Crippen molar-refractivity contribution in [1.82, 2.24) is 0 Å². The molecule has 0 saturated heterocycles. The Morgan fingerprint density at radius 2 is 2.16 bits per heavy atom. The van der Waals surface area contributed by atoms with Gasteiger partial charge in [0, 0.05) is 10.6 Å². The lowest BCUT2D eigenvalue weighted by atomic mass is 9.76. The Labute approximate surface area is 128 Å². The fraction of sp³-hybridized carbons (Fsp3) is 0.600. The lowest BCUT2D eigenvalue weighted by molar-refractivity contribution is 0.0512. The highest BCUT2D eigenvalue weighted by Crippen LogP contribution is 2.51. The van der Waals surface area contributed by atoms with E-state index in [1.54, 1.807) is 13.2 Å². The summed E-state index contributed by atoms with van der Waals surface area (Å²) in [7, 11) is 1.62. The first-order valence-corrected chi connectivity index (χ1v) is 7.75. The average Bonchev–Trinajstić information content (AvgIpc) is 2.67. The van der Waals surface area contributed by atoms with E-state index in [1.807, 2.05) is 6.07 Å². The number of methoxy groups -OCH3 is 1. The molecule has 2 rings (SSSR count). The van der Waals surface area contributed by atoms with Crippen LogP contribution in [0.5, 0.6) is 5.75 Å². The van der Waals surface area contributed by atoms with Gasteiger partial charge in [0.2, 0.25) is 0 Å². The van der Waals surface area contributed by atoms with Gasteiger partial charge in [-0.25, -0.2) is 0 Å². The first-order chi connectivity index (χ1) is 8.86. The van der Waals surface area contributed by atoms with E-state index in [1.165, 1.54) is 6.42 Å². The summed E-state index contributed by atoms with van der Waals surface area (Å²) in [5.41, 5.74) is 0.931. The molecule has 0 bridgehead atoms. The number of halogens is 2. The maximum absolute atomic E-state index is 10.8. The minimum absolute atomic E-state index is 0.152. The van der Waals surface area contributed by atoms with Crippen molar-refractivity contribution in [2.75, 3.05) is 7.11 Å². The molecule has 2 atom stereocenters. The molecule has 1 aromatic rings. The zero-order valence-corrected chi connectivity index (χ0v) is 13.9. The molecule has 1 fully saturated rings. The van der Waals surface area contributed by atoms with Crippen LogP contribution in [-0.4, -0.2) is 12.2 Å². The first kappa shape index (κ1) is 15.1. The van der Waals surface area contributed by atoms with Crippen LogP contribution in [-0.2, 0) is 0 Å². The summed E-state index contributed by atoms with van der Waals surface area (Å²) in [6.45, 7) is 4.44. The molecule has 0 heterocycles. The standard InChI is InChI=1S/C15H20BrClO2/c1-15(2)6-4-5-11(15)13(18)10-7-9(17)8-12(16)14(10)19-3/h7-8,11,13,18H,4-6H2,1-3H3. The first-order valence-electron chi connectivity index (χ1n) is 6.58. The van der Waals surface area contributed by atoms with E-state index in [-0.39, 0.29) is 11.3 Å². The van der Waals surface area contributed by atoms with E-state index >= 15 is 0 Å². The van der Waals surface area contributed by atoms with E-state index in [4.69, 9.17) is 16.3 Å². The van der Waals surface area contributed by atoms with Gasteiger partial charge < -0.3 is 9.84 Å². The van der Waals surface area contributed by atoms with Gasteiger partial charge in [-0.15, -0.1) is 0 Å². The maximum atomic E-state index is 10.8. The van der Waals surface area contributed by atoms with Gasteiger partial charge in [-0.1, -0.05) is 31.9 Å². The molecule has 0 aromatic heterocycles. The highest BCUT2D eigenvalue weighted by Gasteiger charge is 2.40. The SMILES string of the molecule is COc1c(Br)cc(Cl)cc1C(O)C1CCCC1(C)C. The second kappa shape index (κ2) is 5.63.